The van der Waals surface area contributed by atoms with E-state index in [-0.39, 0.29) is 10.7 Å². The number of aliphatic carboxylic acids is 1. The molecule has 0 bridgehead atoms. The number of carboxylic acid groups (broad SMARTS) is 1. The van der Waals surface area contributed by atoms with E-state index in [9.17, 15) is 23.1 Å². The van der Waals surface area contributed by atoms with Crippen molar-refractivity contribution in [3.8, 4) is 5.75 Å². The second kappa shape index (κ2) is 4.91. The van der Waals surface area contributed by atoms with Crippen molar-refractivity contribution in [2.24, 2.45) is 0 Å². The zero-order valence-corrected chi connectivity index (χ0v) is 9.29. The predicted molar refractivity (Wildman–Crippen MR) is 55.1 cm³/mol. The highest BCUT2D eigenvalue weighted by atomic mass is 35.5. The number of nitrogens with two attached hydrogens (primary N) is 1. The van der Waals surface area contributed by atoms with Crippen molar-refractivity contribution >= 4 is 23.3 Å². The Bertz CT molecular complexity index is 478. The Morgan fingerprint density at radius 3 is 2.44 bits per heavy atom. The molecule has 1 aromatic rings. The predicted octanol–water partition coefficient (Wildman–Crippen LogP) is 1.94. The van der Waals surface area contributed by atoms with Gasteiger partial charge in [-0.3, -0.25) is 0 Å². The Labute approximate surface area is 104 Å². The Kier molecular flexibility index (Phi) is 3.92. The SMILES string of the molecule is Nc1cc(OC(F)(F)F)c(C(O)C(=O)O)cc1Cl. The summed E-state index contributed by atoms with van der Waals surface area (Å²) in [5.74, 6) is -2.66. The van der Waals surface area contributed by atoms with Crippen molar-refractivity contribution in [1.29, 1.82) is 0 Å². The quantitative estimate of drug-likeness (QED) is 0.738. The molecule has 0 radical (unpaired) electrons. The van der Waals surface area contributed by atoms with Gasteiger partial charge in [0.2, 0.25) is 0 Å². The van der Waals surface area contributed by atoms with Gasteiger partial charge in [-0.15, -0.1) is 13.2 Å². The van der Waals surface area contributed by atoms with Crippen LogP contribution >= 0.6 is 11.6 Å². The van der Waals surface area contributed by atoms with E-state index < -0.39 is 29.7 Å². The van der Waals surface area contributed by atoms with E-state index in [1.165, 1.54) is 0 Å². The highest BCUT2D eigenvalue weighted by Crippen LogP contribution is 2.36. The summed E-state index contributed by atoms with van der Waals surface area (Å²) in [6.07, 6.45) is -7.26. The zero-order chi connectivity index (χ0) is 14.1. The van der Waals surface area contributed by atoms with E-state index in [0.717, 1.165) is 6.07 Å². The molecule has 18 heavy (non-hydrogen) atoms. The molecule has 0 aliphatic rings. The molecule has 1 aromatic carbocycles. The molecule has 0 spiro atoms. The lowest BCUT2D eigenvalue weighted by Gasteiger charge is -2.16. The van der Waals surface area contributed by atoms with Gasteiger partial charge in [-0.2, -0.15) is 0 Å². The van der Waals surface area contributed by atoms with Crippen LogP contribution in [-0.4, -0.2) is 22.5 Å². The lowest BCUT2D eigenvalue weighted by Crippen LogP contribution is -2.20. The first kappa shape index (κ1) is 14.4. The summed E-state index contributed by atoms with van der Waals surface area (Å²) in [5, 5.41) is 17.6. The van der Waals surface area contributed by atoms with Crippen LogP contribution < -0.4 is 10.5 Å². The summed E-state index contributed by atoms with van der Waals surface area (Å²) in [5.41, 5.74) is 4.40. The third-order valence-electron chi connectivity index (χ3n) is 1.88. The lowest BCUT2D eigenvalue weighted by molar-refractivity contribution is -0.275. The molecule has 1 atom stereocenters. The van der Waals surface area contributed by atoms with Gasteiger partial charge < -0.3 is 20.7 Å². The number of anilines is 1. The number of alkyl halides is 3. The van der Waals surface area contributed by atoms with Crippen LogP contribution in [0.25, 0.3) is 0 Å². The number of hydrogen-bond donors (Lipinski definition) is 3. The third-order valence-corrected chi connectivity index (χ3v) is 2.21. The molecule has 5 nitrogen and oxygen atoms in total. The maximum atomic E-state index is 12.1. The number of carboxylic acids is 1. The molecule has 0 aliphatic heterocycles. The van der Waals surface area contributed by atoms with Crippen LogP contribution in [0.5, 0.6) is 5.75 Å². The molecule has 0 fully saturated rings. The van der Waals surface area contributed by atoms with Gasteiger partial charge >= 0.3 is 12.3 Å². The van der Waals surface area contributed by atoms with Crippen molar-refractivity contribution < 1.29 is 32.9 Å². The van der Waals surface area contributed by atoms with Crippen molar-refractivity contribution in [3.63, 3.8) is 0 Å². The highest BCUT2D eigenvalue weighted by Gasteiger charge is 2.34. The summed E-state index contributed by atoms with van der Waals surface area (Å²) in [7, 11) is 0. The maximum absolute atomic E-state index is 12.1. The summed E-state index contributed by atoms with van der Waals surface area (Å²) >= 11 is 5.54. The average Bonchev–Trinajstić information content (AvgIpc) is 2.19. The highest BCUT2D eigenvalue weighted by molar-refractivity contribution is 6.33. The van der Waals surface area contributed by atoms with E-state index in [1.807, 2.05) is 0 Å². The Morgan fingerprint density at radius 2 is 2.00 bits per heavy atom. The second-order valence-electron chi connectivity index (χ2n) is 3.20. The van der Waals surface area contributed by atoms with Crippen LogP contribution in [0, 0.1) is 0 Å². The van der Waals surface area contributed by atoms with E-state index in [0.29, 0.717) is 6.07 Å². The molecule has 1 rings (SSSR count). The molecule has 4 N–H and O–H groups in total. The normalized spacial score (nSPS) is 13.2. The minimum absolute atomic E-state index is 0.195. The fourth-order valence-corrected chi connectivity index (χ4v) is 1.32. The van der Waals surface area contributed by atoms with Gasteiger partial charge in [-0.25, -0.2) is 4.79 Å². The van der Waals surface area contributed by atoms with Crippen molar-refractivity contribution in [3.05, 3.63) is 22.7 Å². The Balaban J connectivity index is 3.29. The molecule has 0 heterocycles. The topological polar surface area (TPSA) is 92.8 Å². The van der Waals surface area contributed by atoms with Crippen molar-refractivity contribution in [2.45, 2.75) is 12.5 Å². The maximum Gasteiger partial charge on any atom is 0.573 e. The largest absolute Gasteiger partial charge is 0.573 e. The van der Waals surface area contributed by atoms with Crippen LogP contribution in [0.1, 0.15) is 11.7 Å². The molecule has 0 saturated heterocycles. The second-order valence-corrected chi connectivity index (χ2v) is 3.61. The minimum atomic E-state index is -5.05. The van der Waals surface area contributed by atoms with Crippen LogP contribution in [0.4, 0.5) is 18.9 Å². The van der Waals surface area contributed by atoms with Crippen LogP contribution in [-0.2, 0) is 4.79 Å². The summed E-state index contributed by atoms with van der Waals surface area (Å²) in [6.45, 7) is 0. The first-order chi connectivity index (χ1) is 8.11. The number of carbonyl (C=O) groups is 1. The first-order valence-corrected chi connectivity index (χ1v) is 4.75. The van der Waals surface area contributed by atoms with Gasteiger partial charge in [0.05, 0.1) is 10.7 Å². The van der Waals surface area contributed by atoms with E-state index >= 15 is 0 Å². The van der Waals surface area contributed by atoms with Crippen molar-refractivity contribution in [2.75, 3.05) is 5.73 Å². The molecular weight excluding hydrogens is 279 g/mol. The number of halogens is 4. The van der Waals surface area contributed by atoms with Gasteiger partial charge in [0.15, 0.2) is 6.10 Å². The monoisotopic (exact) mass is 285 g/mol. The molecule has 9 heteroatoms. The van der Waals surface area contributed by atoms with Gasteiger partial charge in [-0.1, -0.05) is 11.6 Å². The van der Waals surface area contributed by atoms with Gasteiger partial charge in [0.25, 0.3) is 0 Å². The molecule has 1 unspecified atom stereocenters. The van der Waals surface area contributed by atoms with Crippen LogP contribution in [0.15, 0.2) is 12.1 Å². The number of aliphatic hydroxyl groups is 1. The fraction of sp³-hybridized carbons (Fsp3) is 0.222. The van der Waals surface area contributed by atoms with Gasteiger partial charge in [0.1, 0.15) is 5.75 Å². The molecule has 100 valence electrons. The molecule has 0 amide bonds. The molecular formula is C9H7ClF3NO4. The van der Waals surface area contributed by atoms with E-state index in [1.54, 1.807) is 0 Å². The Morgan fingerprint density at radius 1 is 1.44 bits per heavy atom. The summed E-state index contributed by atoms with van der Waals surface area (Å²) in [6, 6.07) is 1.49. The van der Waals surface area contributed by atoms with Crippen molar-refractivity contribution in [1.82, 2.24) is 0 Å². The number of aliphatic hydroxyl groups excluding tert-OH is 1. The Hall–Kier alpha value is -1.67. The summed E-state index contributed by atoms with van der Waals surface area (Å²) in [4.78, 5) is 10.6. The minimum Gasteiger partial charge on any atom is -0.479 e. The smallest absolute Gasteiger partial charge is 0.479 e. The van der Waals surface area contributed by atoms with Gasteiger partial charge in [-0.05, 0) is 6.07 Å². The van der Waals surface area contributed by atoms with Crippen LogP contribution in [0.3, 0.4) is 0 Å². The van der Waals surface area contributed by atoms with Gasteiger partial charge in [0, 0.05) is 11.6 Å². The third kappa shape index (κ3) is 3.41. The van der Waals surface area contributed by atoms with Crippen LogP contribution in [0.2, 0.25) is 5.02 Å². The fourth-order valence-electron chi connectivity index (χ4n) is 1.14. The number of ether oxygens (including phenoxy) is 1. The summed E-state index contributed by atoms with van der Waals surface area (Å²) < 4.78 is 39.9. The van der Waals surface area contributed by atoms with E-state index in [4.69, 9.17) is 22.4 Å². The number of rotatable bonds is 3. The lowest BCUT2D eigenvalue weighted by atomic mass is 10.1. The number of benzene rings is 1. The number of nitrogen functional groups attached to an aromatic ring is 1. The average molecular weight is 286 g/mol. The molecule has 0 aromatic heterocycles. The number of hydrogen-bond acceptors (Lipinski definition) is 4. The first-order valence-electron chi connectivity index (χ1n) is 4.37. The standard InChI is InChI=1S/C9H7ClF3NO4/c10-4-1-3(7(15)8(16)17)6(2-5(4)14)18-9(11,12)13/h1-2,7,15H,14H2,(H,16,17). The zero-order valence-electron chi connectivity index (χ0n) is 8.53. The molecule has 0 aliphatic carbocycles. The van der Waals surface area contributed by atoms with E-state index in [2.05, 4.69) is 4.74 Å². The molecule has 0 saturated carbocycles.